The monoisotopic (exact) mass is 300 g/mol. The fourth-order valence-electron chi connectivity index (χ4n) is 1.57. The van der Waals surface area contributed by atoms with Crippen molar-refractivity contribution in [2.45, 2.75) is 6.92 Å². The SMILES string of the molecule is Cc1cc2c(NCCOCC(N)=O)nc(Cl)nc2s1. The van der Waals surface area contributed by atoms with E-state index in [0.29, 0.717) is 19.0 Å². The molecule has 8 heteroatoms. The number of ether oxygens (including phenoxy) is 1. The number of nitrogens with zero attached hydrogens (tertiary/aromatic N) is 2. The molecule has 0 atom stereocenters. The number of halogens is 1. The summed E-state index contributed by atoms with van der Waals surface area (Å²) >= 11 is 7.43. The van der Waals surface area contributed by atoms with Gasteiger partial charge in [-0.1, -0.05) is 0 Å². The Hall–Kier alpha value is -1.44. The van der Waals surface area contributed by atoms with E-state index < -0.39 is 5.91 Å². The van der Waals surface area contributed by atoms with Crippen LogP contribution < -0.4 is 11.1 Å². The summed E-state index contributed by atoms with van der Waals surface area (Å²) < 4.78 is 5.05. The van der Waals surface area contributed by atoms with Gasteiger partial charge >= 0.3 is 0 Å². The maximum atomic E-state index is 10.5. The van der Waals surface area contributed by atoms with Crippen molar-refractivity contribution < 1.29 is 9.53 Å². The third-order valence-corrected chi connectivity index (χ3v) is 3.39. The molecule has 6 nitrogen and oxygen atoms in total. The number of thiophene rings is 1. The lowest BCUT2D eigenvalue weighted by Gasteiger charge is -2.07. The Labute approximate surface area is 118 Å². The maximum absolute atomic E-state index is 10.5. The molecule has 0 aromatic carbocycles. The molecular formula is C11H13ClN4O2S. The van der Waals surface area contributed by atoms with E-state index >= 15 is 0 Å². The van der Waals surface area contributed by atoms with Crippen molar-refractivity contribution in [1.29, 1.82) is 0 Å². The molecule has 19 heavy (non-hydrogen) atoms. The number of hydrogen-bond donors (Lipinski definition) is 2. The number of carbonyl (C=O) groups excluding carboxylic acids is 1. The number of carbonyl (C=O) groups is 1. The van der Waals surface area contributed by atoms with Crippen LogP contribution in [0.1, 0.15) is 4.88 Å². The van der Waals surface area contributed by atoms with E-state index in [9.17, 15) is 4.79 Å². The van der Waals surface area contributed by atoms with Crippen molar-refractivity contribution in [2.75, 3.05) is 25.1 Å². The van der Waals surface area contributed by atoms with E-state index in [0.717, 1.165) is 15.1 Å². The van der Waals surface area contributed by atoms with Crippen LogP contribution in [0.3, 0.4) is 0 Å². The fraction of sp³-hybridized carbons (Fsp3) is 0.364. The molecule has 2 aromatic heterocycles. The van der Waals surface area contributed by atoms with Gasteiger partial charge in [-0.2, -0.15) is 0 Å². The summed E-state index contributed by atoms with van der Waals surface area (Å²) in [6.45, 7) is 2.78. The molecule has 0 fully saturated rings. The van der Waals surface area contributed by atoms with Gasteiger partial charge in [0.2, 0.25) is 11.2 Å². The van der Waals surface area contributed by atoms with Gasteiger partial charge in [0.05, 0.1) is 12.0 Å². The fourth-order valence-corrected chi connectivity index (χ4v) is 2.66. The first-order chi connectivity index (χ1) is 9.06. The van der Waals surface area contributed by atoms with E-state index in [1.165, 1.54) is 0 Å². The highest BCUT2D eigenvalue weighted by Crippen LogP contribution is 2.29. The van der Waals surface area contributed by atoms with E-state index in [2.05, 4.69) is 15.3 Å². The Morgan fingerprint density at radius 2 is 2.37 bits per heavy atom. The van der Waals surface area contributed by atoms with Gasteiger partial charge in [-0.15, -0.1) is 11.3 Å². The van der Waals surface area contributed by atoms with Crippen molar-refractivity contribution in [2.24, 2.45) is 5.73 Å². The second-order valence-corrected chi connectivity index (χ2v) is 5.44. The van der Waals surface area contributed by atoms with Crippen LogP contribution in [0.5, 0.6) is 0 Å². The molecule has 0 spiro atoms. The van der Waals surface area contributed by atoms with E-state index in [-0.39, 0.29) is 11.9 Å². The van der Waals surface area contributed by atoms with Crippen molar-refractivity contribution in [1.82, 2.24) is 9.97 Å². The molecule has 0 saturated carbocycles. The van der Waals surface area contributed by atoms with Crippen LogP contribution in [0.2, 0.25) is 5.28 Å². The molecular weight excluding hydrogens is 288 g/mol. The minimum Gasteiger partial charge on any atom is -0.370 e. The van der Waals surface area contributed by atoms with Crippen LogP contribution in [-0.2, 0) is 9.53 Å². The highest BCUT2D eigenvalue weighted by Gasteiger charge is 2.09. The maximum Gasteiger partial charge on any atom is 0.243 e. The Morgan fingerprint density at radius 3 is 3.11 bits per heavy atom. The zero-order valence-electron chi connectivity index (χ0n) is 10.3. The van der Waals surface area contributed by atoms with Gasteiger partial charge in [0, 0.05) is 11.4 Å². The van der Waals surface area contributed by atoms with Crippen LogP contribution in [0, 0.1) is 6.92 Å². The second kappa shape index (κ2) is 6.14. The Morgan fingerprint density at radius 1 is 1.58 bits per heavy atom. The molecule has 0 aliphatic rings. The normalized spacial score (nSPS) is 10.8. The molecule has 1 amide bonds. The van der Waals surface area contributed by atoms with Crippen molar-refractivity contribution in [3.05, 3.63) is 16.2 Å². The van der Waals surface area contributed by atoms with Crippen LogP contribution in [-0.4, -0.2) is 35.6 Å². The predicted molar refractivity (Wildman–Crippen MR) is 75.7 cm³/mol. The van der Waals surface area contributed by atoms with E-state index in [4.69, 9.17) is 22.1 Å². The first kappa shape index (κ1) is 14.0. The van der Waals surface area contributed by atoms with Gasteiger partial charge in [-0.05, 0) is 24.6 Å². The van der Waals surface area contributed by atoms with Gasteiger partial charge in [0.1, 0.15) is 17.3 Å². The van der Waals surface area contributed by atoms with Crippen LogP contribution in [0.25, 0.3) is 10.2 Å². The number of primary amides is 1. The summed E-state index contributed by atoms with van der Waals surface area (Å²) in [5, 5.41) is 4.25. The summed E-state index contributed by atoms with van der Waals surface area (Å²) in [4.78, 5) is 20.8. The number of rotatable bonds is 6. The third kappa shape index (κ3) is 3.76. The quantitative estimate of drug-likeness (QED) is 0.624. The van der Waals surface area contributed by atoms with Gasteiger partial charge in [-0.25, -0.2) is 9.97 Å². The number of amides is 1. The highest BCUT2D eigenvalue weighted by molar-refractivity contribution is 7.18. The first-order valence-corrected chi connectivity index (χ1v) is 6.79. The number of hydrogen-bond acceptors (Lipinski definition) is 6. The molecule has 0 aliphatic carbocycles. The third-order valence-electron chi connectivity index (χ3n) is 2.27. The summed E-state index contributed by atoms with van der Waals surface area (Å²) in [7, 11) is 0. The summed E-state index contributed by atoms with van der Waals surface area (Å²) in [5.74, 6) is 0.183. The minimum absolute atomic E-state index is 0.0841. The van der Waals surface area contributed by atoms with E-state index in [1.54, 1.807) is 11.3 Å². The van der Waals surface area contributed by atoms with Crippen LogP contribution >= 0.6 is 22.9 Å². The first-order valence-electron chi connectivity index (χ1n) is 5.60. The largest absolute Gasteiger partial charge is 0.370 e. The Balaban J connectivity index is 2.01. The van der Waals surface area contributed by atoms with Crippen molar-refractivity contribution >= 4 is 44.9 Å². The predicted octanol–water partition coefficient (Wildman–Crippen LogP) is 1.57. The molecule has 0 aliphatic heterocycles. The van der Waals surface area contributed by atoms with E-state index in [1.807, 2.05) is 13.0 Å². The van der Waals surface area contributed by atoms with Gasteiger partial charge in [0.25, 0.3) is 0 Å². The number of anilines is 1. The topological polar surface area (TPSA) is 90.1 Å². The van der Waals surface area contributed by atoms with Crippen LogP contribution in [0.15, 0.2) is 6.07 Å². The number of aryl methyl sites for hydroxylation is 1. The molecule has 2 heterocycles. The standard InChI is InChI=1S/C11H13ClN4O2S/c1-6-4-7-9(14-2-3-18-5-8(13)17)15-11(12)16-10(7)19-6/h4H,2-3,5H2,1H3,(H2,13,17)(H,14,15,16). The number of aromatic nitrogens is 2. The number of fused-ring (bicyclic) bond motifs is 1. The average molecular weight is 301 g/mol. The Kier molecular flexibility index (Phi) is 4.52. The summed E-state index contributed by atoms with van der Waals surface area (Å²) in [6, 6.07) is 2.00. The van der Waals surface area contributed by atoms with Gasteiger partial charge in [0.15, 0.2) is 0 Å². The van der Waals surface area contributed by atoms with Crippen molar-refractivity contribution in [3.63, 3.8) is 0 Å². The lowest BCUT2D eigenvalue weighted by atomic mass is 10.3. The molecule has 0 bridgehead atoms. The minimum atomic E-state index is -0.485. The Bertz CT molecular complexity index is 602. The van der Waals surface area contributed by atoms with Crippen molar-refractivity contribution in [3.8, 4) is 0 Å². The van der Waals surface area contributed by atoms with Crippen LogP contribution in [0.4, 0.5) is 5.82 Å². The number of nitrogens with two attached hydrogens (primary N) is 1. The molecule has 3 N–H and O–H groups in total. The summed E-state index contributed by atoms with van der Waals surface area (Å²) in [6.07, 6.45) is 0. The molecule has 0 radical (unpaired) electrons. The lowest BCUT2D eigenvalue weighted by molar-refractivity contribution is -0.122. The smallest absolute Gasteiger partial charge is 0.243 e. The lowest BCUT2D eigenvalue weighted by Crippen LogP contribution is -2.20. The molecule has 2 aromatic rings. The molecule has 0 saturated heterocycles. The average Bonchev–Trinajstić information content (AvgIpc) is 2.68. The highest BCUT2D eigenvalue weighted by atomic mass is 35.5. The van der Waals surface area contributed by atoms with Gasteiger partial charge < -0.3 is 15.8 Å². The number of nitrogens with one attached hydrogen (secondary N) is 1. The molecule has 0 unspecified atom stereocenters. The zero-order valence-corrected chi connectivity index (χ0v) is 11.8. The molecule has 102 valence electrons. The summed E-state index contributed by atoms with van der Waals surface area (Å²) in [5.41, 5.74) is 4.96. The zero-order chi connectivity index (χ0) is 13.8. The second-order valence-electron chi connectivity index (χ2n) is 3.86. The molecule has 2 rings (SSSR count). The van der Waals surface area contributed by atoms with Gasteiger partial charge in [-0.3, -0.25) is 4.79 Å².